The largest absolute Gasteiger partial charge is 0.347 e. The number of amides is 1. The molecule has 1 aliphatic heterocycles. The minimum absolute atomic E-state index is 0. The van der Waals surface area contributed by atoms with Crippen molar-refractivity contribution in [2.24, 2.45) is 4.99 Å². The number of aliphatic imine (C=N–C) groups is 1. The molecule has 2 aliphatic rings. The highest BCUT2D eigenvalue weighted by atomic mass is 35.5. The first-order valence-electron chi connectivity index (χ1n) is 9.68. The van der Waals surface area contributed by atoms with Crippen molar-refractivity contribution in [3.8, 4) is 0 Å². The number of hydrogen-bond acceptors (Lipinski definition) is 3. The third-order valence-corrected chi connectivity index (χ3v) is 6.12. The lowest BCUT2D eigenvalue weighted by molar-refractivity contribution is -0.116. The monoisotopic (exact) mass is 413 g/mol. The highest BCUT2D eigenvalue weighted by Crippen LogP contribution is 2.29. The number of thioether (sulfide) groups is 1. The third-order valence-electron chi connectivity index (χ3n) is 4.97. The fourth-order valence-electron chi connectivity index (χ4n) is 3.63. The molecule has 1 aliphatic carbocycles. The van der Waals surface area contributed by atoms with Gasteiger partial charge in [-0.3, -0.25) is 9.79 Å². The fraction of sp³-hybridized carbons (Fsp3) is 0.600. The first kappa shape index (κ1) is 22.0. The van der Waals surface area contributed by atoms with E-state index in [4.69, 9.17) is 4.99 Å². The van der Waals surface area contributed by atoms with E-state index in [1.165, 1.54) is 44.2 Å². The number of carbonyl (C=O) groups excluding carboxylic acids is 1. The summed E-state index contributed by atoms with van der Waals surface area (Å²) in [5.74, 6) is 0.581. The summed E-state index contributed by atoms with van der Waals surface area (Å²) in [5.41, 5.74) is 0.639. The van der Waals surface area contributed by atoms with Gasteiger partial charge in [0.2, 0.25) is 5.91 Å². The van der Waals surface area contributed by atoms with E-state index in [1.54, 1.807) is 23.9 Å². The summed E-state index contributed by atoms with van der Waals surface area (Å²) >= 11 is 1.79. The van der Waals surface area contributed by atoms with E-state index >= 15 is 0 Å². The summed E-state index contributed by atoms with van der Waals surface area (Å²) in [6.07, 6.45) is 7.76. The van der Waals surface area contributed by atoms with Gasteiger partial charge < -0.3 is 10.2 Å². The van der Waals surface area contributed by atoms with Crippen molar-refractivity contribution in [1.82, 2.24) is 4.90 Å². The molecular formula is C20H29ClFN3OS. The lowest BCUT2D eigenvalue weighted by Crippen LogP contribution is -2.37. The molecule has 7 heteroatoms. The molecule has 1 saturated carbocycles. The maximum absolute atomic E-state index is 13.0. The second-order valence-electron chi connectivity index (χ2n) is 7.12. The van der Waals surface area contributed by atoms with Crippen LogP contribution in [0.1, 0.15) is 51.9 Å². The molecule has 0 radical (unpaired) electrons. The van der Waals surface area contributed by atoms with E-state index in [0.29, 0.717) is 18.2 Å². The van der Waals surface area contributed by atoms with E-state index in [2.05, 4.69) is 17.1 Å². The third kappa shape index (κ3) is 6.39. The average Bonchev–Trinajstić information content (AvgIpc) is 3.00. The van der Waals surface area contributed by atoms with Gasteiger partial charge in [-0.15, -0.1) is 12.4 Å². The molecule has 27 heavy (non-hydrogen) atoms. The molecule has 1 aromatic carbocycles. The van der Waals surface area contributed by atoms with Crippen LogP contribution >= 0.6 is 24.2 Å². The Morgan fingerprint density at radius 2 is 1.96 bits per heavy atom. The molecule has 0 spiro atoms. The summed E-state index contributed by atoms with van der Waals surface area (Å²) in [5, 5.41) is 4.00. The Bertz CT molecular complexity index is 635. The van der Waals surface area contributed by atoms with E-state index in [-0.39, 0.29) is 30.2 Å². The summed E-state index contributed by atoms with van der Waals surface area (Å²) in [7, 11) is 0. The van der Waals surface area contributed by atoms with Crippen LogP contribution in [0.5, 0.6) is 0 Å². The number of hydrogen-bond donors (Lipinski definition) is 1. The van der Waals surface area contributed by atoms with Crippen LogP contribution < -0.4 is 5.32 Å². The smallest absolute Gasteiger partial charge is 0.226 e. The Labute approximate surface area is 171 Å². The molecule has 2 fully saturated rings. The molecule has 1 amide bonds. The molecule has 0 aromatic heterocycles. The fourth-order valence-corrected chi connectivity index (χ4v) is 4.89. The van der Waals surface area contributed by atoms with Crippen molar-refractivity contribution >= 4 is 40.9 Å². The van der Waals surface area contributed by atoms with Crippen LogP contribution in [-0.4, -0.2) is 40.4 Å². The maximum atomic E-state index is 13.0. The van der Waals surface area contributed by atoms with Gasteiger partial charge in [0.15, 0.2) is 5.17 Å². The molecule has 1 heterocycles. The first-order chi connectivity index (χ1) is 12.7. The maximum Gasteiger partial charge on any atom is 0.226 e. The number of halogens is 2. The minimum atomic E-state index is -0.298. The molecule has 1 aromatic rings. The van der Waals surface area contributed by atoms with E-state index in [0.717, 1.165) is 23.9 Å². The Morgan fingerprint density at radius 1 is 1.26 bits per heavy atom. The zero-order valence-corrected chi connectivity index (χ0v) is 17.5. The number of anilines is 1. The first-order valence-corrected chi connectivity index (χ1v) is 10.7. The Kier molecular flexibility index (Phi) is 8.90. The minimum Gasteiger partial charge on any atom is -0.347 e. The zero-order valence-electron chi connectivity index (χ0n) is 15.8. The summed E-state index contributed by atoms with van der Waals surface area (Å²) < 4.78 is 13.0. The predicted molar refractivity (Wildman–Crippen MR) is 114 cm³/mol. The molecular weight excluding hydrogens is 385 g/mol. The van der Waals surface area contributed by atoms with Gasteiger partial charge in [-0.05, 0) is 43.5 Å². The number of nitrogens with zero attached hydrogens (tertiary/aromatic N) is 2. The topological polar surface area (TPSA) is 44.7 Å². The van der Waals surface area contributed by atoms with Gasteiger partial charge in [-0.25, -0.2) is 4.39 Å². The van der Waals surface area contributed by atoms with Crippen LogP contribution in [-0.2, 0) is 4.79 Å². The highest BCUT2D eigenvalue weighted by Gasteiger charge is 2.32. The number of nitrogens with one attached hydrogen (secondary N) is 1. The number of rotatable bonds is 6. The Hall–Kier alpha value is -1.27. The van der Waals surface area contributed by atoms with E-state index in [1.807, 2.05) is 0 Å². The molecule has 150 valence electrons. The van der Waals surface area contributed by atoms with Gasteiger partial charge in [-0.1, -0.05) is 37.9 Å². The Balaban J connectivity index is 0.00000261. The van der Waals surface area contributed by atoms with Gasteiger partial charge in [-0.2, -0.15) is 0 Å². The predicted octanol–water partition coefficient (Wildman–Crippen LogP) is 5.09. The number of benzene rings is 1. The molecule has 1 unspecified atom stereocenters. The van der Waals surface area contributed by atoms with Gasteiger partial charge in [0, 0.05) is 30.4 Å². The highest BCUT2D eigenvalue weighted by molar-refractivity contribution is 8.14. The normalized spacial score (nSPS) is 21.9. The lowest BCUT2D eigenvalue weighted by Gasteiger charge is -2.27. The average molecular weight is 414 g/mol. The van der Waals surface area contributed by atoms with Crippen LogP contribution in [0.2, 0.25) is 0 Å². The van der Waals surface area contributed by atoms with Crippen LogP contribution in [0.15, 0.2) is 29.3 Å². The van der Waals surface area contributed by atoms with Crippen LogP contribution in [0.3, 0.4) is 0 Å². The van der Waals surface area contributed by atoms with Gasteiger partial charge in [0.25, 0.3) is 0 Å². The van der Waals surface area contributed by atoms with Gasteiger partial charge >= 0.3 is 0 Å². The quantitative estimate of drug-likeness (QED) is 0.706. The van der Waals surface area contributed by atoms with Crippen molar-refractivity contribution in [3.63, 3.8) is 0 Å². The summed E-state index contributed by atoms with van der Waals surface area (Å²) in [4.78, 5) is 19.8. The number of carbonyl (C=O) groups is 1. The second kappa shape index (κ2) is 10.9. The van der Waals surface area contributed by atoms with Crippen molar-refractivity contribution in [3.05, 3.63) is 30.1 Å². The van der Waals surface area contributed by atoms with Gasteiger partial charge in [0.05, 0.1) is 6.04 Å². The standard InChI is InChI=1S/C20H28FN3OS.ClH/c1-2-12-24-18(13-19(25)22-17-10-8-15(21)9-11-17)14-26-20(24)23-16-6-4-3-5-7-16;/h8-11,16,18H,2-7,12-14H2,1H3,(H,22,25);1H/b23-20-;. The van der Waals surface area contributed by atoms with Gasteiger partial charge in [0.1, 0.15) is 5.82 Å². The summed E-state index contributed by atoms with van der Waals surface area (Å²) in [6, 6.07) is 6.55. The Morgan fingerprint density at radius 3 is 2.63 bits per heavy atom. The molecule has 1 saturated heterocycles. The zero-order chi connectivity index (χ0) is 18.4. The van der Waals surface area contributed by atoms with Crippen molar-refractivity contribution < 1.29 is 9.18 Å². The molecule has 0 bridgehead atoms. The van der Waals surface area contributed by atoms with E-state index in [9.17, 15) is 9.18 Å². The SMILES string of the molecule is CCCN1/C(=N/C2CCCCC2)SCC1CC(=O)Nc1ccc(F)cc1.Cl. The van der Waals surface area contributed by atoms with Crippen LogP contribution in [0.4, 0.5) is 10.1 Å². The molecule has 4 nitrogen and oxygen atoms in total. The molecule has 3 rings (SSSR count). The lowest BCUT2D eigenvalue weighted by atomic mass is 9.96. The van der Waals surface area contributed by atoms with Crippen LogP contribution in [0.25, 0.3) is 0 Å². The number of amidine groups is 1. The van der Waals surface area contributed by atoms with E-state index < -0.39 is 0 Å². The molecule has 1 atom stereocenters. The van der Waals surface area contributed by atoms with Crippen molar-refractivity contribution in [2.45, 2.75) is 64.0 Å². The molecule has 1 N–H and O–H groups in total. The van der Waals surface area contributed by atoms with Crippen molar-refractivity contribution in [2.75, 3.05) is 17.6 Å². The second-order valence-corrected chi connectivity index (χ2v) is 8.11. The summed E-state index contributed by atoms with van der Waals surface area (Å²) in [6.45, 7) is 3.10. The van der Waals surface area contributed by atoms with Crippen LogP contribution in [0, 0.1) is 5.82 Å². The van der Waals surface area contributed by atoms with Crippen molar-refractivity contribution in [1.29, 1.82) is 0 Å².